The molecule has 1 aliphatic heterocycles. The normalized spacial score (nSPS) is 18.6. The number of nitrogens with two attached hydrogens (primary N) is 1. The second-order valence-electron chi connectivity index (χ2n) is 6.79. The molecule has 5 nitrogen and oxygen atoms in total. The van der Waals surface area contributed by atoms with E-state index < -0.39 is 10.2 Å². The lowest BCUT2D eigenvalue weighted by molar-refractivity contribution is 0.312. The quantitative estimate of drug-likeness (QED) is 0.607. The Bertz CT molecular complexity index is 935. The molecule has 1 unspecified atom stereocenters. The van der Waals surface area contributed by atoms with Crippen molar-refractivity contribution in [2.45, 2.75) is 48.8 Å². The maximum absolute atomic E-state index is 11.7. The Morgan fingerprint density at radius 3 is 2.78 bits per heavy atom. The summed E-state index contributed by atoms with van der Waals surface area (Å²) in [7, 11) is -3.64. The van der Waals surface area contributed by atoms with Crippen LogP contribution in [0.1, 0.15) is 42.6 Å². The summed E-state index contributed by atoms with van der Waals surface area (Å²) >= 11 is 4.07. The molecule has 3 rings (SSSR count). The third-order valence-corrected chi connectivity index (χ3v) is 8.15. The topological polar surface area (TPSA) is 76.3 Å². The van der Waals surface area contributed by atoms with Crippen LogP contribution in [-0.2, 0) is 16.6 Å². The van der Waals surface area contributed by atoms with Gasteiger partial charge in [0.25, 0.3) is 10.2 Å². The Kier molecular flexibility index (Phi) is 6.83. The number of halogens is 1. The number of aromatic nitrogens is 1. The van der Waals surface area contributed by atoms with Gasteiger partial charge in [-0.1, -0.05) is 18.7 Å². The lowest BCUT2D eigenvalue weighted by Crippen LogP contribution is -2.42. The fourth-order valence-corrected chi connectivity index (χ4v) is 5.48. The predicted molar refractivity (Wildman–Crippen MR) is 118 cm³/mol. The van der Waals surface area contributed by atoms with Gasteiger partial charge in [-0.05, 0) is 84.7 Å². The summed E-state index contributed by atoms with van der Waals surface area (Å²) in [6.07, 6.45) is 2.58. The van der Waals surface area contributed by atoms with Crippen molar-refractivity contribution in [1.29, 1.82) is 0 Å². The lowest BCUT2D eigenvalue weighted by Gasteiger charge is -2.30. The number of pyridine rings is 1. The van der Waals surface area contributed by atoms with E-state index in [1.165, 1.54) is 18.3 Å². The molecule has 0 bridgehead atoms. The maximum atomic E-state index is 11.7. The molecule has 2 aromatic rings. The van der Waals surface area contributed by atoms with Crippen molar-refractivity contribution >= 4 is 44.6 Å². The first-order chi connectivity index (χ1) is 12.8. The molecular formula is C19H24IN3O2S2. The minimum Gasteiger partial charge on any atom is -0.256 e. The fourth-order valence-electron chi connectivity index (χ4n) is 3.30. The van der Waals surface area contributed by atoms with Crippen LogP contribution in [0.25, 0.3) is 0 Å². The van der Waals surface area contributed by atoms with E-state index in [4.69, 9.17) is 10.1 Å². The van der Waals surface area contributed by atoms with Crippen molar-refractivity contribution in [3.05, 3.63) is 50.9 Å². The predicted octanol–water partition coefficient (Wildman–Crippen LogP) is 4.09. The highest BCUT2D eigenvalue weighted by atomic mass is 127. The Morgan fingerprint density at radius 1 is 1.33 bits per heavy atom. The van der Waals surface area contributed by atoms with E-state index in [1.54, 1.807) is 11.8 Å². The van der Waals surface area contributed by atoms with Gasteiger partial charge < -0.3 is 0 Å². The minimum absolute atomic E-state index is 0.0990. The Morgan fingerprint density at radius 2 is 2.11 bits per heavy atom. The third-order valence-electron chi connectivity index (χ3n) is 4.81. The molecule has 0 saturated carbocycles. The van der Waals surface area contributed by atoms with E-state index in [9.17, 15) is 8.42 Å². The number of aryl methyl sites for hydroxylation is 2. The molecular weight excluding hydrogens is 493 g/mol. The van der Waals surface area contributed by atoms with Crippen molar-refractivity contribution in [2.24, 2.45) is 5.14 Å². The van der Waals surface area contributed by atoms with Crippen LogP contribution in [0.3, 0.4) is 0 Å². The minimum atomic E-state index is -3.64. The van der Waals surface area contributed by atoms with E-state index in [0.29, 0.717) is 13.1 Å². The molecule has 1 aromatic carbocycles. The molecule has 1 atom stereocenters. The molecule has 1 fully saturated rings. The first kappa shape index (κ1) is 21.0. The lowest BCUT2D eigenvalue weighted by atomic mass is 9.95. The summed E-state index contributed by atoms with van der Waals surface area (Å²) in [6.45, 7) is 5.13. The largest absolute Gasteiger partial charge is 0.276 e. The summed E-state index contributed by atoms with van der Waals surface area (Å²) in [5.74, 6) is 0.0990. The summed E-state index contributed by atoms with van der Waals surface area (Å²) in [4.78, 5) is 7.24. The first-order valence-corrected chi connectivity index (χ1v) is 12.4. The van der Waals surface area contributed by atoms with Crippen LogP contribution in [-0.4, -0.2) is 30.8 Å². The van der Waals surface area contributed by atoms with E-state index in [2.05, 4.69) is 60.7 Å². The van der Waals surface area contributed by atoms with Gasteiger partial charge in [-0.15, -0.1) is 0 Å². The molecule has 27 heavy (non-hydrogen) atoms. The fraction of sp³-hybridized carbons (Fsp3) is 0.421. The van der Waals surface area contributed by atoms with Crippen LogP contribution in [0.2, 0.25) is 0 Å². The highest BCUT2D eigenvalue weighted by Crippen LogP contribution is 2.34. The van der Waals surface area contributed by atoms with Crippen LogP contribution < -0.4 is 5.14 Å². The SMILES string of the molecule is CCc1nc(C2CCCN(S(N)(=O)=O)C2)ccc1Sc1ccc(I)c(C)c1. The van der Waals surface area contributed by atoms with Gasteiger partial charge in [0.2, 0.25) is 0 Å². The van der Waals surface area contributed by atoms with Gasteiger partial charge in [-0.3, -0.25) is 4.98 Å². The zero-order valence-electron chi connectivity index (χ0n) is 15.5. The highest BCUT2D eigenvalue weighted by molar-refractivity contribution is 14.1. The maximum Gasteiger partial charge on any atom is 0.276 e. The third kappa shape index (κ3) is 5.23. The van der Waals surface area contributed by atoms with Crippen LogP contribution >= 0.6 is 34.4 Å². The van der Waals surface area contributed by atoms with Crippen LogP contribution in [0.5, 0.6) is 0 Å². The highest BCUT2D eigenvalue weighted by Gasteiger charge is 2.28. The molecule has 146 valence electrons. The van der Waals surface area contributed by atoms with Gasteiger partial charge in [0.1, 0.15) is 0 Å². The molecule has 1 aromatic heterocycles. The van der Waals surface area contributed by atoms with Crippen LogP contribution in [0.15, 0.2) is 40.1 Å². The Labute approximate surface area is 179 Å². The Hall–Kier alpha value is -0.680. The van der Waals surface area contributed by atoms with Crippen molar-refractivity contribution in [2.75, 3.05) is 13.1 Å². The van der Waals surface area contributed by atoms with Crippen molar-refractivity contribution in [3.8, 4) is 0 Å². The molecule has 1 aliphatic rings. The molecule has 0 radical (unpaired) electrons. The second-order valence-corrected chi connectivity index (χ2v) is 10.6. The molecule has 0 spiro atoms. The van der Waals surface area contributed by atoms with Gasteiger partial charge in [-0.2, -0.15) is 12.7 Å². The standard InChI is InChI=1S/C19H24IN3O2S2/c1-3-17-19(26-15-6-7-16(20)13(2)11-15)9-8-18(22-17)14-5-4-10-23(12-14)27(21,24)25/h6-9,11,14H,3-5,10,12H2,1-2H3,(H2,21,24,25). The van der Waals surface area contributed by atoms with Crippen molar-refractivity contribution in [1.82, 2.24) is 9.29 Å². The molecule has 2 N–H and O–H groups in total. The Balaban J connectivity index is 1.82. The molecule has 0 amide bonds. The van der Waals surface area contributed by atoms with Gasteiger partial charge in [0.05, 0.1) is 5.69 Å². The van der Waals surface area contributed by atoms with Gasteiger partial charge in [0.15, 0.2) is 0 Å². The number of rotatable bonds is 5. The van der Waals surface area contributed by atoms with Crippen LogP contribution in [0, 0.1) is 10.5 Å². The van der Waals surface area contributed by atoms with Gasteiger partial charge >= 0.3 is 0 Å². The van der Waals surface area contributed by atoms with Gasteiger partial charge in [0, 0.05) is 38.1 Å². The monoisotopic (exact) mass is 517 g/mol. The number of benzene rings is 1. The van der Waals surface area contributed by atoms with E-state index in [0.717, 1.165) is 35.5 Å². The number of hydrogen-bond acceptors (Lipinski definition) is 4. The van der Waals surface area contributed by atoms with E-state index in [1.807, 2.05) is 6.07 Å². The van der Waals surface area contributed by atoms with E-state index >= 15 is 0 Å². The average Bonchev–Trinajstić information content (AvgIpc) is 2.64. The molecule has 1 saturated heterocycles. The summed E-state index contributed by atoms with van der Waals surface area (Å²) < 4.78 is 26.0. The van der Waals surface area contributed by atoms with Gasteiger partial charge in [-0.25, -0.2) is 5.14 Å². The summed E-state index contributed by atoms with van der Waals surface area (Å²) in [6, 6.07) is 10.6. The van der Waals surface area contributed by atoms with Crippen molar-refractivity contribution < 1.29 is 8.42 Å². The molecule has 2 heterocycles. The van der Waals surface area contributed by atoms with Crippen molar-refractivity contribution in [3.63, 3.8) is 0 Å². The number of hydrogen-bond donors (Lipinski definition) is 1. The summed E-state index contributed by atoms with van der Waals surface area (Å²) in [5, 5.41) is 5.31. The average molecular weight is 517 g/mol. The summed E-state index contributed by atoms with van der Waals surface area (Å²) in [5.41, 5.74) is 3.29. The molecule has 8 heteroatoms. The first-order valence-electron chi connectivity index (χ1n) is 8.99. The molecule has 0 aliphatic carbocycles. The number of piperidine rings is 1. The zero-order valence-corrected chi connectivity index (χ0v) is 19.3. The zero-order chi connectivity index (χ0) is 19.6. The second kappa shape index (κ2) is 8.77. The number of nitrogens with zero attached hydrogens (tertiary/aromatic N) is 2. The van der Waals surface area contributed by atoms with E-state index in [-0.39, 0.29) is 5.92 Å². The van der Waals surface area contributed by atoms with Crippen LogP contribution in [0.4, 0.5) is 0 Å². The smallest absolute Gasteiger partial charge is 0.256 e.